The highest BCUT2D eigenvalue weighted by atomic mass is 16.5. The largest absolute Gasteiger partial charge is 0.394 e. The monoisotopic (exact) mass is 226 g/mol. The number of nitrogens with zero attached hydrogens (tertiary/aromatic N) is 1. The normalized spacial score (nSPS) is 24.9. The van der Waals surface area contributed by atoms with E-state index < -0.39 is 5.69 Å². The fourth-order valence-corrected chi connectivity index (χ4v) is 1.87. The smallest absolute Gasteiger partial charge is 0.328 e. The van der Waals surface area contributed by atoms with Gasteiger partial charge in [-0.2, -0.15) is 0 Å². The molecule has 88 valence electrons. The van der Waals surface area contributed by atoms with Gasteiger partial charge in [-0.3, -0.25) is 14.3 Å². The highest BCUT2D eigenvalue weighted by Crippen LogP contribution is 2.22. The molecule has 0 aromatic carbocycles. The van der Waals surface area contributed by atoms with Crippen molar-refractivity contribution in [2.24, 2.45) is 0 Å². The van der Waals surface area contributed by atoms with Crippen molar-refractivity contribution >= 4 is 0 Å². The molecule has 16 heavy (non-hydrogen) atoms. The molecule has 0 spiro atoms. The average molecular weight is 226 g/mol. The van der Waals surface area contributed by atoms with Crippen LogP contribution in [0.5, 0.6) is 0 Å². The first-order chi connectivity index (χ1) is 7.61. The number of aromatic nitrogens is 2. The van der Waals surface area contributed by atoms with Crippen molar-refractivity contribution in [1.29, 1.82) is 0 Å². The predicted octanol–water partition coefficient (Wildman–Crippen LogP) is -0.833. The molecule has 6 heteroatoms. The van der Waals surface area contributed by atoms with Gasteiger partial charge in [-0.1, -0.05) is 0 Å². The number of nitrogens with one attached hydrogen (secondary N) is 1. The van der Waals surface area contributed by atoms with E-state index in [9.17, 15) is 9.59 Å². The molecule has 6 nitrogen and oxygen atoms in total. The van der Waals surface area contributed by atoms with E-state index in [4.69, 9.17) is 9.84 Å². The summed E-state index contributed by atoms with van der Waals surface area (Å²) in [4.78, 5) is 25.0. The second-order valence-electron chi connectivity index (χ2n) is 4.01. The summed E-state index contributed by atoms with van der Waals surface area (Å²) in [5.41, 5.74) is -0.297. The molecule has 1 aromatic rings. The van der Waals surface area contributed by atoms with Gasteiger partial charge in [-0.05, 0) is 13.3 Å². The number of hydrogen-bond donors (Lipinski definition) is 2. The number of rotatable bonds is 2. The lowest BCUT2D eigenvalue weighted by atomic mass is 10.2. The molecule has 0 amide bonds. The van der Waals surface area contributed by atoms with Crippen LogP contribution < -0.4 is 11.2 Å². The Balaban J connectivity index is 2.32. The lowest BCUT2D eigenvalue weighted by Crippen LogP contribution is -2.33. The Morgan fingerprint density at radius 3 is 3.00 bits per heavy atom. The third-order valence-corrected chi connectivity index (χ3v) is 2.80. The third-order valence-electron chi connectivity index (χ3n) is 2.80. The van der Waals surface area contributed by atoms with Gasteiger partial charge in [0.1, 0.15) is 0 Å². The van der Waals surface area contributed by atoms with Gasteiger partial charge < -0.3 is 9.84 Å². The zero-order chi connectivity index (χ0) is 11.7. The van der Waals surface area contributed by atoms with Gasteiger partial charge in [0.15, 0.2) is 0 Å². The highest BCUT2D eigenvalue weighted by molar-refractivity contribution is 5.02. The van der Waals surface area contributed by atoms with Gasteiger partial charge in [-0.15, -0.1) is 0 Å². The standard InChI is InChI=1S/C10H14N2O4/c1-6-3-12(10(15)11-9(6)14)7-2-8(4-13)16-5-7/h3,7-8,13H,2,4-5H2,1H3,(H,11,14,15)/t7?,8-/m0/s1. The maximum Gasteiger partial charge on any atom is 0.328 e. The Morgan fingerprint density at radius 1 is 1.62 bits per heavy atom. The summed E-state index contributed by atoms with van der Waals surface area (Å²) >= 11 is 0. The average Bonchev–Trinajstić information content (AvgIpc) is 2.71. The van der Waals surface area contributed by atoms with E-state index >= 15 is 0 Å². The van der Waals surface area contributed by atoms with Crippen molar-refractivity contribution in [1.82, 2.24) is 9.55 Å². The van der Waals surface area contributed by atoms with Gasteiger partial charge in [0.25, 0.3) is 5.56 Å². The third kappa shape index (κ3) is 1.94. The summed E-state index contributed by atoms with van der Waals surface area (Å²) < 4.78 is 6.76. The zero-order valence-corrected chi connectivity index (χ0v) is 8.97. The van der Waals surface area contributed by atoms with Crippen LogP contribution in [0, 0.1) is 6.92 Å². The van der Waals surface area contributed by atoms with E-state index in [0.29, 0.717) is 18.6 Å². The first-order valence-electron chi connectivity index (χ1n) is 5.16. The van der Waals surface area contributed by atoms with Gasteiger partial charge in [-0.25, -0.2) is 4.79 Å². The first kappa shape index (κ1) is 11.1. The van der Waals surface area contributed by atoms with Crippen LogP contribution >= 0.6 is 0 Å². The molecule has 1 fully saturated rings. The Kier molecular flexibility index (Phi) is 2.93. The highest BCUT2D eigenvalue weighted by Gasteiger charge is 2.26. The van der Waals surface area contributed by atoms with Crippen LogP contribution in [-0.4, -0.2) is 34.0 Å². The van der Waals surface area contributed by atoms with E-state index in [0.717, 1.165) is 0 Å². The van der Waals surface area contributed by atoms with E-state index in [1.165, 1.54) is 10.8 Å². The topological polar surface area (TPSA) is 84.3 Å². The second-order valence-corrected chi connectivity index (χ2v) is 4.01. The fraction of sp³-hybridized carbons (Fsp3) is 0.600. The number of ether oxygens (including phenoxy) is 1. The number of aromatic amines is 1. The van der Waals surface area contributed by atoms with Crippen LogP contribution in [0.1, 0.15) is 18.0 Å². The first-order valence-corrected chi connectivity index (χ1v) is 5.16. The molecule has 0 bridgehead atoms. The van der Waals surface area contributed by atoms with Crippen molar-refractivity contribution in [2.45, 2.75) is 25.5 Å². The molecule has 1 aliphatic rings. The van der Waals surface area contributed by atoms with Gasteiger partial charge >= 0.3 is 5.69 Å². The molecule has 2 rings (SSSR count). The van der Waals surface area contributed by atoms with Crippen LogP contribution in [0.3, 0.4) is 0 Å². The molecule has 0 saturated carbocycles. The number of aliphatic hydroxyl groups is 1. The maximum atomic E-state index is 11.6. The lowest BCUT2D eigenvalue weighted by molar-refractivity contribution is 0.0574. The molecule has 2 N–H and O–H groups in total. The van der Waals surface area contributed by atoms with Crippen LogP contribution in [0.25, 0.3) is 0 Å². The van der Waals surface area contributed by atoms with Crippen molar-refractivity contribution in [2.75, 3.05) is 13.2 Å². The molecule has 1 aromatic heterocycles. The molecule has 2 atom stereocenters. The molecule has 2 heterocycles. The summed E-state index contributed by atoms with van der Waals surface area (Å²) in [7, 11) is 0. The summed E-state index contributed by atoms with van der Waals surface area (Å²) in [5.74, 6) is 0. The predicted molar refractivity (Wildman–Crippen MR) is 56.5 cm³/mol. The Hall–Kier alpha value is -1.40. The van der Waals surface area contributed by atoms with Crippen LogP contribution in [0.15, 0.2) is 15.8 Å². The van der Waals surface area contributed by atoms with Gasteiger partial charge in [0, 0.05) is 11.8 Å². The van der Waals surface area contributed by atoms with E-state index in [2.05, 4.69) is 4.98 Å². The molecule has 0 radical (unpaired) electrons. The number of aliphatic hydroxyl groups excluding tert-OH is 1. The molecular formula is C10H14N2O4. The molecule has 0 aliphatic carbocycles. The van der Waals surface area contributed by atoms with Crippen molar-refractivity contribution in [3.8, 4) is 0 Å². The Labute approximate surface area is 91.5 Å². The van der Waals surface area contributed by atoms with Crippen molar-refractivity contribution in [3.63, 3.8) is 0 Å². The zero-order valence-electron chi connectivity index (χ0n) is 8.97. The van der Waals surface area contributed by atoms with Crippen LogP contribution in [0.4, 0.5) is 0 Å². The van der Waals surface area contributed by atoms with Crippen molar-refractivity contribution < 1.29 is 9.84 Å². The van der Waals surface area contributed by atoms with E-state index in [1.54, 1.807) is 6.92 Å². The molecule has 1 aliphatic heterocycles. The summed E-state index contributed by atoms with van der Waals surface area (Å²) in [6, 6.07) is -0.111. The van der Waals surface area contributed by atoms with E-state index in [-0.39, 0.29) is 24.3 Å². The summed E-state index contributed by atoms with van der Waals surface area (Å²) in [5, 5.41) is 8.93. The lowest BCUT2D eigenvalue weighted by Gasteiger charge is -2.11. The number of hydrogen-bond acceptors (Lipinski definition) is 4. The Morgan fingerprint density at radius 2 is 2.38 bits per heavy atom. The summed E-state index contributed by atoms with van der Waals surface area (Å²) in [6.45, 7) is 1.98. The van der Waals surface area contributed by atoms with Gasteiger partial charge in [0.2, 0.25) is 0 Å². The minimum atomic E-state index is -0.428. The number of aryl methyl sites for hydroxylation is 1. The Bertz CT molecular complexity index is 490. The number of H-pyrrole nitrogens is 1. The molecule has 1 unspecified atom stereocenters. The van der Waals surface area contributed by atoms with E-state index in [1.807, 2.05) is 0 Å². The van der Waals surface area contributed by atoms with Crippen LogP contribution in [0.2, 0.25) is 0 Å². The summed E-state index contributed by atoms with van der Waals surface area (Å²) in [6.07, 6.45) is 1.90. The van der Waals surface area contributed by atoms with Crippen LogP contribution in [-0.2, 0) is 4.74 Å². The maximum absolute atomic E-state index is 11.6. The SMILES string of the molecule is Cc1cn(C2CO[C@H](CO)C2)c(=O)[nH]c1=O. The second kappa shape index (κ2) is 4.23. The fourth-order valence-electron chi connectivity index (χ4n) is 1.87. The quantitative estimate of drug-likeness (QED) is 0.689. The van der Waals surface area contributed by atoms with Crippen molar-refractivity contribution in [3.05, 3.63) is 32.6 Å². The van der Waals surface area contributed by atoms with Gasteiger partial charge in [0.05, 0.1) is 25.4 Å². The minimum Gasteiger partial charge on any atom is -0.394 e. The molecular weight excluding hydrogens is 212 g/mol. The minimum absolute atomic E-state index is 0.0480. The molecule has 1 saturated heterocycles.